The summed E-state index contributed by atoms with van der Waals surface area (Å²) in [6.07, 6.45) is 3.54. The van der Waals surface area contributed by atoms with Crippen molar-refractivity contribution in [3.8, 4) is 11.1 Å². The summed E-state index contributed by atoms with van der Waals surface area (Å²) in [5.74, 6) is 0.799. The van der Waals surface area contributed by atoms with Crippen LogP contribution in [0.25, 0.3) is 22.1 Å². The number of fused-ring (bicyclic) bond motifs is 1. The average Bonchev–Trinajstić information content (AvgIpc) is 3.05. The van der Waals surface area contributed by atoms with Gasteiger partial charge in [-0.05, 0) is 47.9 Å². The standard InChI is InChI=1S/C20H17N3O/c1-14-5-3-4-6-17(14)15-7-8-18-19(13-15)24-22-20(18)23(2)16-9-11-21-12-10-16/h3-13H,1-2H3. The van der Waals surface area contributed by atoms with Gasteiger partial charge >= 0.3 is 0 Å². The first-order valence-corrected chi connectivity index (χ1v) is 7.83. The van der Waals surface area contributed by atoms with E-state index in [0.29, 0.717) is 0 Å². The quantitative estimate of drug-likeness (QED) is 0.535. The van der Waals surface area contributed by atoms with Gasteiger partial charge in [0.05, 0.1) is 5.39 Å². The lowest BCUT2D eigenvalue weighted by atomic mass is 10.00. The first kappa shape index (κ1) is 14.5. The highest BCUT2D eigenvalue weighted by Gasteiger charge is 2.15. The zero-order chi connectivity index (χ0) is 16.5. The second kappa shape index (κ2) is 5.81. The zero-order valence-electron chi connectivity index (χ0n) is 13.6. The van der Waals surface area contributed by atoms with Crippen molar-refractivity contribution >= 4 is 22.5 Å². The average molecular weight is 315 g/mol. The fourth-order valence-corrected chi connectivity index (χ4v) is 2.92. The van der Waals surface area contributed by atoms with Gasteiger partial charge in [-0.25, -0.2) is 0 Å². The first-order chi connectivity index (χ1) is 11.7. The number of anilines is 2. The normalized spacial score (nSPS) is 10.9. The summed E-state index contributed by atoms with van der Waals surface area (Å²) >= 11 is 0. The predicted molar refractivity (Wildman–Crippen MR) is 96.5 cm³/mol. The molecule has 0 saturated carbocycles. The maximum atomic E-state index is 5.59. The van der Waals surface area contributed by atoms with Crippen LogP contribution >= 0.6 is 0 Å². The minimum absolute atomic E-state index is 0.784. The second-order valence-corrected chi connectivity index (χ2v) is 5.80. The van der Waals surface area contributed by atoms with Crippen LogP contribution in [0.4, 0.5) is 11.5 Å². The molecule has 0 amide bonds. The number of benzene rings is 2. The minimum atomic E-state index is 0.784. The van der Waals surface area contributed by atoms with Crippen molar-refractivity contribution in [2.45, 2.75) is 6.92 Å². The highest BCUT2D eigenvalue weighted by Crippen LogP contribution is 2.33. The Morgan fingerprint density at radius 1 is 0.958 bits per heavy atom. The van der Waals surface area contributed by atoms with Gasteiger partial charge in [-0.3, -0.25) is 4.98 Å². The number of nitrogens with zero attached hydrogens (tertiary/aromatic N) is 3. The van der Waals surface area contributed by atoms with Gasteiger partial charge in [0.1, 0.15) is 0 Å². The molecule has 0 saturated heterocycles. The summed E-state index contributed by atoms with van der Waals surface area (Å²) in [4.78, 5) is 6.06. The molecule has 4 rings (SSSR count). The molecule has 0 aliphatic rings. The third kappa shape index (κ3) is 2.42. The lowest BCUT2D eigenvalue weighted by molar-refractivity contribution is 0.458. The van der Waals surface area contributed by atoms with Gasteiger partial charge in [-0.15, -0.1) is 0 Å². The Bertz CT molecular complexity index is 992. The Balaban J connectivity index is 1.78. The van der Waals surface area contributed by atoms with E-state index in [9.17, 15) is 0 Å². The molecule has 2 aromatic heterocycles. The van der Waals surface area contributed by atoms with Crippen LogP contribution in [0.1, 0.15) is 5.56 Å². The van der Waals surface area contributed by atoms with Crippen molar-refractivity contribution < 1.29 is 4.52 Å². The summed E-state index contributed by atoms with van der Waals surface area (Å²) in [5, 5.41) is 5.25. The van der Waals surface area contributed by atoms with Crippen molar-refractivity contribution in [3.63, 3.8) is 0 Å². The van der Waals surface area contributed by atoms with E-state index in [-0.39, 0.29) is 0 Å². The molecule has 0 unspecified atom stereocenters. The molecule has 4 nitrogen and oxygen atoms in total. The summed E-state index contributed by atoms with van der Waals surface area (Å²) in [5.41, 5.74) is 5.38. The molecular weight excluding hydrogens is 298 g/mol. The van der Waals surface area contributed by atoms with Crippen LogP contribution in [-0.4, -0.2) is 17.2 Å². The van der Waals surface area contributed by atoms with E-state index < -0.39 is 0 Å². The highest BCUT2D eigenvalue weighted by molar-refractivity contribution is 5.93. The van der Waals surface area contributed by atoms with E-state index >= 15 is 0 Å². The van der Waals surface area contributed by atoms with E-state index in [0.717, 1.165) is 28.0 Å². The number of aryl methyl sites for hydroxylation is 1. The first-order valence-electron chi connectivity index (χ1n) is 7.83. The zero-order valence-corrected chi connectivity index (χ0v) is 13.6. The molecule has 0 radical (unpaired) electrons. The summed E-state index contributed by atoms with van der Waals surface area (Å²) < 4.78 is 5.59. The van der Waals surface area contributed by atoms with E-state index in [2.05, 4.69) is 53.5 Å². The Hall–Kier alpha value is -3.14. The molecule has 24 heavy (non-hydrogen) atoms. The topological polar surface area (TPSA) is 42.2 Å². The molecule has 0 fully saturated rings. The van der Waals surface area contributed by atoms with Gasteiger partial charge in [-0.1, -0.05) is 35.5 Å². The molecule has 2 aromatic carbocycles. The number of hydrogen-bond donors (Lipinski definition) is 0. The molecule has 0 aliphatic carbocycles. The molecule has 2 heterocycles. The summed E-state index contributed by atoms with van der Waals surface area (Å²) in [6.45, 7) is 2.11. The summed E-state index contributed by atoms with van der Waals surface area (Å²) in [6, 6.07) is 18.5. The predicted octanol–water partition coefficient (Wildman–Crippen LogP) is 4.97. The lowest BCUT2D eigenvalue weighted by Crippen LogP contribution is -2.09. The Morgan fingerprint density at radius 2 is 1.75 bits per heavy atom. The highest BCUT2D eigenvalue weighted by atomic mass is 16.5. The second-order valence-electron chi connectivity index (χ2n) is 5.80. The molecule has 4 aromatic rings. The minimum Gasteiger partial charge on any atom is -0.354 e. The molecule has 118 valence electrons. The van der Waals surface area contributed by atoms with E-state index in [4.69, 9.17) is 4.52 Å². The monoisotopic (exact) mass is 315 g/mol. The molecule has 4 heteroatoms. The fourth-order valence-electron chi connectivity index (χ4n) is 2.92. The molecular formula is C20H17N3O. The maximum absolute atomic E-state index is 5.59. The van der Waals surface area contributed by atoms with E-state index in [1.165, 1.54) is 11.1 Å². The molecule has 0 aliphatic heterocycles. The fraction of sp³-hybridized carbons (Fsp3) is 0.100. The maximum Gasteiger partial charge on any atom is 0.184 e. The van der Waals surface area contributed by atoms with Crippen molar-refractivity contribution in [1.82, 2.24) is 10.1 Å². The Kier molecular flexibility index (Phi) is 3.50. The van der Waals surface area contributed by atoms with Crippen LogP contribution in [0.2, 0.25) is 0 Å². The van der Waals surface area contributed by atoms with Gasteiger partial charge in [0, 0.05) is 25.1 Å². The lowest BCUT2D eigenvalue weighted by Gasteiger charge is -2.15. The number of pyridine rings is 1. The number of hydrogen-bond acceptors (Lipinski definition) is 4. The van der Waals surface area contributed by atoms with Crippen LogP contribution in [0.15, 0.2) is 71.5 Å². The molecule has 0 spiro atoms. The van der Waals surface area contributed by atoms with Crippen molar-refractivity contribution in [2.24, 2.45) is 0 Å². The third-order valence-electron chi connectivity index (χ3n) is 4.28. The SMILES string of the molecule is Cc1ccccc1-c1ccc2c(N(C)c3ccncc3)noc2c1. The van der Waals surface area contributed by atoms with Crippen molar-refractivity contribution in [1.29, 1.82) is 0 Å². The van der Waals surface area contributed by atoms with Crippen molar-refractivity contribution in [2.75, 3.05) is 11.9 Å². The smallest absolute Gasteiger partial charge is 0.184 e. The van der Waals surface area contributed by atoms with E-state index in [1.807, 2.05) is 30.1 Å². The van der Waals surface area contributed by atoms with Gasteiger partial charge in [0.25, 0.3) is 0 Å². The van der Waals surface area contributed by atoms with E-state index in [1.54, 1.807) is 12.4 Å². The molecule has 0 bridgehead atoms. The van der Waals surface area contributed by atoms with Crippen molar-refractivity contribution in [3.05, 3.63) is 72.6 Å². The van der Waals surface area contributed by atoms with Crippen LogP contribution in [0.3, 0.4) is 0 Å². The van der Waals surface area contributed by atoms with Gasteiger partial charge in [-0.2, -0.15) is 0 Å². The largest absolute Gasteiger partial charge is 0.354 e. The number of aromatic nitrogens is 2. The Labute approximate surface area is 140 Å². The van der Waals surface area contributed by atoms with Crippen LogP contribution in [-0.2, 0) is 0 Å². The Morgan fingerprint density at radius 3 is 2.54 bits per heavy atom. The van der Waals surface area contributed by atoms with Crippen LogP contribution in [0.5, 0.6) is 0 Å². The third-order valence-corrected chi connectivity index (χ3v) is 4.28. The van der Waals surface area contributed by atoms with Crippen LogP contribution < -0.4 is 4.90 Å². The van der Waals surface area contributed by atoms with Gasteiger partial charge in [0.15, 0.2) is 11.4 Å². The molecule has 0 N–H and O–H groups in total. The summed E-state index contributed by atoms with van der Waals surface area (Å²) in [7, 11) is 1.97. The van der Waals surface area contributed by atoms with Gasteiger partial charge in [0.2, 0.25) is 0 Å². The van der Waals surface area contributed by atoms with Gasteiger partial charge < -0.3 is 9.42 Å². The van der Waals surface area contributed by atoms with Crippen LogP contribution in [0, 0.1) is 6.92 Å². The molecule has 0 atom stereocenters. The number of rotatable bonds is 3.